The first kappa shape index (κ1) is 28.1. The van der Waals surface area contributed by atoms with Gasteiger partial charge in [0.1, 0.15) is 17.5 Å². The Morgan fingerprint density at radius 2 is 1.73 bits per heavy atom. The maximum absolute atomic E-state index is 14.2. The fraction of sp³-hybridized carbons (Fsp3) is 0.781. The normalized spacial score (nSPS) is 40.9. The summed E-state index contributed by atoms with van der Waals surface area (Å²) in [5.41, 5.74) is -0.0647. The van der Waals surface area contributed by atoms with Gasteiger partial charge < -0.3 is 9.47 Å². The highest BCUT2D eigenvalue weighted by Gasteiger charge is 2.67. The summed E-state index contributed by atoms with van der Waals surface area (Å²) in [5.74, 6) is 1.87. The smallest absolute Gasteiger partial charge is 0.303 e. The fourth-order valence-electron chi connectivity index (χ4n) is 8.69. The van der Waals surface area contributed by atoms with E-state index in [4.69, 9.17) is 9.47 Å². The average Bonchev–Trinajstić information content (AvgIpc) is 3.13. The lowest BCUT2D eigenvalue weighted by molar-refractivity contribution is -0.209. The second kappa shape index (κ2) is 10.0. The molecule has 5 heteroatoms. The van der Waals surface area contributed by atoms with Crippen LogP contribution in [0.4, 0.5) is 0 Å². The minimum atomic E-state index is -0.824. The van der Waals surface area contributed by atoms with Gasteiger partial charge in [0.15, 0.2) is 0 Å². The zero-order valence-corrected chi connectivity index (χ0v) is 24.3. The Morgan fingerprint density at radius 3 is 2.35 bits per heavy atom. The molecule has 5 nitrogen and oxygen atoms in total. The summed E-state index contributed by atoms with van der Waals surface area (Å²) in [4.78, 5) is 38.2. The van der Waals surface area contributed by atoms with Crippen LogP contribution in [0.25, 0.3) is 0 Å². The average molecular weight is 513 g/mol. The van der Waals surface area contributed by atoms with Gasteiger partial charge in [-0.1, -0.05) is 65.3 Å². The van der Waals surface area contributed by atoms with Gasteiger partial charge in [0, 0.05) is 44.4 Å². The number of allylic oxidation sites excluding steroid dienone is 3. The second-order valence-electron chi connectivity index (χ2n) is 13.6. The van der Waals surface area contributed by atoms with Crippen molar-refractivity contribution in [3.05, 3.63) is 23.8 Å². The molecule has 0 aliphatic heterocycles. The second-order valence-corrected chi connectivity index (χ2v) is 13.6. The highest BCUT2D eigenvalue weighted by Crippen LogP contribution is 2.67. The number of Topliss-reactive ketones (excluding diaryl/α,β-unsaturated/α-hetero) is 1. The number of carbonyl (C=O) groups is 3. The van der Waals surface area contributed by atoms with Crippen LogP contribution >= 0.6 is 0 Å². The van der Waals surface area contributed by atoms with E-state index < -0.39 is 11.0 Å². The molecule has 4 rings (SSSR count). The number of ketones is 1. The lowest BCUT2D eigenvalue weighted by Crippen LogP contribution is -2.63. The van der Waals surface area contributed by atoms with Crippen LogP contribution in [0.15, 0.2) is 23.8 Å². The van der Waals surface area contributed by atoms with Crippen molar-refractivity contribution >= 4 is 17.7 Å². The zero-order chi connectivity index (χ0) is 27.3. The molecule has 0 saturated heterocycles. The number of esters is 2. The first-order valence-corrected chi connectivity index (χ1v) is 14.5. The van der Waals surface area contributed by atoms with E-state index in [1.807, 2.05) is 0 Å². The summed E-state index contributed by atoms with van der Waals surface area (Å²) in [5, 5.41) is 0. The van der Waals surface area contributed by atoms with Gasteiger partial charge in [-0.2, -0.15) is 0 Å². The van der Waals surface area contributed by atoms with E-state index in [1.165, 1.54) is 19.4 Å². The largest absolute Gasteiger partial charge is 0.462 e. The van der Waals surface area contributed by atoms with Crippen LogP contribution in [-0.2, 0) is 23.9 Å². The standard InChI is InChI=1S/C32H48O5/c1-19(2)20(3)9-10-21(4)26-11-12-27-25-14-16-32(37-23(6)34)17-24(36-22(5)33)13-15-31(32,8)29(25)28(35)18-30(26,27)7/h9-10,14,19-21,24,26-27,29H,11-13,15-18H2,1-8H3. The summed E-state index contributed by atoms with van der Waals surface area (Å²) in [7, 11) is 0. The number of hydrogen-bond donors (Lipinski definition) is 0. The molecule has 9 unspecified atom stereocenters. The van der Waals surface area contributed by atoms with Crippen molar-refractivity contribution in [2.24, 2.45) is 46.3 Å². The van der Waals surface area contributed by atoms with Crippen molar-refractivity contribution in [3.8, 4) is 0 Å². The summed E-state index contributed by atoms with van der Waals surface area (Å²) in [6.45, 7) is 16.5. The molecule has 9 atom stereocenters. The predicted octanol–water partition coefficient (Wildman–Crippen LogP) is 6.85. The number of rotatable bonds is 6. The molecule has 206 valence electrons. The molecule has 4 aliphatic rings. The van der Waals surface area contributed by atoms with Gasteiger partial charge in [-0.05, 0) is 60.7 Å². The first-order chi connectivity index (χ1) is 17.2. The SMILES string of the molecule is CC(=O)OC1CCC2(C)C3C(=O)CC4(C)C(CCC4C(C)C=CC(C)C(C)C)C3=CCC2(OC(C)=O)C1. The van der Waals surface area contributed by atoms with E-state index in [0.29, 0.717) is 67.5 Å². The van der Waals surface area contributed by atoms with Crippen molar-refractivity contribution < 1.29 is 23.9 Å². The van der Waals surface area contributed by atoms with E-state index in [-0.39, 0.29) is 29.4 Å². The van der Waals surface area contributed by atoms with Gasteiger partial charge >= 0.3 is 11.9 Å². The maximum Gasteiger partial charge on any atom is 0.303 e. The van der Waals surface area contributed by atoms with Gasteiger partial charge in [-0.3, -0.25) is 14.4 Å². The molecule has 3 saturated carbocycles. The molecule has 0 aromatic carbocycles. The van der Waals surface area contributed by atoms with Crippen LogP contribution in [-0.4, -0.2) is 29.4 Å². The molecule has 37 heavy (non-hydrogen) atoms. The maximum atomic E-state index is 14.2. The molecular formula is C32H48O5. The quantitative estimate of drug-likeness (QED) is 0.288. The number of fused-ring (bicyclic) bond motifs is 5. The Labute approximate surface area is 223 Å². The molecule has 0 bridgehead atoms. The Balaban J connectivity index is 1.67. The molecule has 0 aromatic heterocycles. The molecule has 0 aromatic rings. The van der Waals surface area contributed by atoms with Crippen LogP contribution in [0.5, 0.6) is 0 Å². The molecule has 0 spiro atoms. The summed E-state index contributed by atoms with van der Waals surface area (Å²) >= 11 is 0. The van der Waals surface area contributed by atoms with Crippen LogP contribution in [0.3, 0.4) is 0 Å². The fourth-order valence-corrected chi connectivity index (χ4v) is 8.69. The Bertz CT molecular complexity index is 993. The third-order valence-corrected chi connectivity index (χ3v) is 11.0. The van der Waals surface area contributed by atoms with Crippen molar-refractivity contribution in [2.75, 3.05) is 0 Å². The first-order valence-electron chi connectivity index (χ1n) is 14.5. The van der Waals surface area contributed by atoms with E-state index in [0.717, 1.165) is 12.8 Å². The van der Waals surface area contributed by atoms with E-state index >= 15 is 0 Å². The van der Waals surface area contributed by atoms with Crippen molar-refractivity contribution in [2.45, 2.75) is 112 Å². The Morgan fingerprint density at radius 1 is 1.03 bits per heavy atom. The lowest BCUT2D eigenvalue weighted by Gasteiger charge is -2.61. The zero-order valence-electron chi connectivity index (χ0n) is 24.3. The van der Waals surface area contributed by atoms with Crippen LogP contribution in [0.2, 0.25) is 0 Å². The Hall–Kier alpha value is -1.91. The van der Waals surface area contributed by atoms with Gasteiger partial charge in [0.25, 0.3) is 0 Å². The molecule has 4 aliphatic carbocycles. The minimum Gasteiger partial charge on any atom is -0.462 e. The molecule has 3 fully saturated rings. The molecule has 0 N–H and O–H groups in total. The summed E-state index contributed by atoms with van der Waals surface area (Å²) in [6.07, 6.45) is 12.0. The minimum absolute atomic E-state index is 0.0447. The monoisotopic (exact) mass is 512 g/mol. The van der Waals surface area contributed by atoms with Crippen molar-refractivity contribution in [1.82, 2.24) is 0 Å². The molecule has 0 radical (unpaired) electrons. The van der Waals surface area contributed by atoms with Gasteiger partial charge in [0.05, 0.1) is 0 Å². The highest BCUT2D eigenvalue weighted by atomic mass is 16.6. The number of hydrogen-bond acceptors (Lipinski definition) is 5. The third-order valence-electron chi connectivity index (χ3n) is 11.0. The Kier molecular flexibility index (Phi) is 7.60. The van der Waals surface area contributed by atoms with Gasteiger partial charge in [-0.15, -0.1) is 0 Å². The van der Waals surface area contributed by atoms with E-state index in [9.17, 15) is 14.4 Å². The topological polar surface area (TPSA) is 69.7 Å². The summed E-state index contributed by atoms with van der Waals surface area (Å²) < 4.78 is 11.7. The van der Waals surface area contributed by atoms with E-state index in [2.05, 4.69) is 59.8 Å². The molecule has 0 amide bonds. The number of carbonyl (C=O) groups excluding carboxylic acids is 3. The number of ether oxygens (including phenoxy) is 2. The molecular weight excluding hydrogens is 464 g/mol. The van der Waals surface area contributed by atoms with Crippen molar-refractivity contribution in [1.29, 1.82) is 0 Å². The van der Waals surface area contributed by atoms with E-state index in [1.54, 1.807) is 0 Å². The highest BCUT2D eigenvalue weighted by molar-refractivity contribution is 5.88. The van der Waals surface area contributed by atoms with Crippen LogP contribution < -0.4 is 0 Å². The lowest BCUT2D eigenvalue weighted by atomic mass is 9.45. The molecule has 0 heterocycles. The summed E-state index contributed by atoms with van der Waals surface area (Å²) in [6, 6.07) is 0. The van der Waals surface area contributed by atoms with Crippen molar-refractivity contribution in [3.63, 3.8) is 0 Å². The van der Waals surface area contributed by atoms with Gasteiger partial charge in [0.2, 0.25) is 0 Å². The predicted molar refractivity (Wildman–Crippen MR) is 144 cm³/mol. The van der Waals surface area contributed by atoms with Gasteiger partial charge in [-0.25, -0.2) is 0 Å². The third kappa shape index (κ3) is 4.74. The van der Waals surface area contributed by atoms with Crippen LogP contribution in [0, 0.1) is 46.3 Å². The van der Waals surface area contributed by atoms with Crippen LogP contribution in [0.1, 0.15) is 100 Å².